The molecule has 8 heteroatoms. The molecule has 0 saturated carbocycles. The van der Waals surface area contributed by atoms with Crippen molar-refractivity contribution >= 4 is 75.1 Å². The van der Waals surface area contributed by atoms with Crippen molar-refractivity contribution in [1.29, 1.82) is 0 Å². The highest BCUT2D eigenvalue weighted by Crippen LogP contribution is 2.38. The Kier molecular flexibility index (Phi) is 4.30. The molecule has 0 fully saturated rings. The molecule has 0 atom stereocenters. The Morgan fingerprint density at radius 2 is 2.04 bits per heavy atom. The first-order valence-electron chi connectivity index (χ1n) is 7.06. The zero-order valence-electron chi connectivity index (χ0n) is 12.2. The van der Waals surface area contributed by atoms with Crippen LogP contribution in [0.4, 0.5) is 11.4 Å². The molecule has 2 heterocycles. The van der Waals surface area contributed by atoms with Crippen molar-refractivity contribution in [3.63, 3.8) is 0 Å². The Labute approximate surface area is 156 Å². The minimum atomic E-state index is 0.0306. The van der Waals surface area contributed by atoms with Crippen LogP contribution in [0.2, 0.25) is 10.0 Å². The summed E-state index contributed by atoms with van der Waals surface area (Å²) in [6.45, 7) is 0. The van der Waals surface area contributed by atoms with Gasteiger partial charge in [-0.15, -0.1) is 11.8 Å². The number of anilines is 2. The number of halogens is 2. The maximum Gasteiger partial charge on any atom is 0.234 e. The predicted octanol–water partition coefficient (Wildman–Crippen LogP) is 5.64. The van der Waals surface area contributed by atoms with Gasteiger partial charge in [-0.25, -0.2) is 0 Å². The second-order valence-corrected chi connectivity index (χ2v) is 7.89. The summed E-state index contributed by atoms with van der Waals surface area (Å²) >= 11 is 15.4. The summed E-state index contributed by atoms with van der Waals surface area (Å²) in [5.74, 6) is 0.497. The first kappa shape index (κ1) is 16.0. The highest BCUT2D eigenvalue weighted by atomic mass is 35.5. The number of thioether (sulfide) groups is 1. The number of nitrogens with one attached hydrogen (secondary N) is 3. The lowest BCUT2D eigenvalue weighted by Gasteiger charge is -2.17. The van der Waals surface area contributed by atoms with Crippen LogP contribution in [0.3, 0.4) is 0 Å². The fourth-order valence-electron chi connectivity index (χ4n) is 2.49. The number of aromatic amines is 1. The molecule has 1 aliphatic heterocycles. The summed E-state index contributed by atoms with van der Waals surface area (Å²) in [5.41, 5.74) is 2.61. The van der Waals surface area contributed by atoms with Crippen LogP contribution >= 0.6 is 46.9 Å². The van der Waals surface area contributed by atoms with Gasteiger partial charge in [-0.3, -0.25) is 4.79 Å². The molecule has 1 aromatic heterocycles. The number of carbonyl (C=O) groups excluding carboxylic acids is 1. The molecular weight excluding hydrogens is 385 g/mol. The second kappa shape index (κ2) is 6.44. The van der Waals surface area contributed by atoms with Crippen LogP contribution in [0.15, 0.2) is 46.3 Å². The Morgan fingerprint density at radius 1 is 1.17 bits per heavy atom. The molecule has 4 rings (SSSR count). The largest absolute Gasteiger partial charge is 0.358 e. The van der Waals surface area contributed by atoms with Crippen molar-refractivity contribution in [1.82, 2.24) is 4.98 Å². The molecule has 0 saturated heterocycles. The third-order valence-corrected chi connectivity index (χ3v) is 6.10. The highest BCUT2D eigenvalue weighted by Gasteiger charge is 2.16. The zero-order valence-corrected chi connectivity index (χ0v) is 15.3. The first-order chi connectivity index (χ1) is 11.6. The molecule has 2 aromatic carbocycles. The molecule has 3 aromatic rings. The lowest BCUT2D eigenvalue weighted by molar-refractivity contribution is -0.113. The van der Waals surface area contributed by atoms with Crippen LogP contribution in [-0.2, 0) is 4.79 Å². The number of hydrogen-bond acceptors (Lipinski definition) is 4. The minimum absolute atomic E-state index is 0.0306. The molecule has 0 spiro atoms. The van der Waals surface area contributed by atoms with Crippen molar-refractivity contribution in [2.24, 2.45) is 0 Å². The lowest BCUT2D eigenvalue weighted by Crippen LogP contribution is -2.18. The number of carbonyl (C=O) groups is 1. The average molecular weight is 396 g/mol. The van der Waals surface area contributed by atoms with Gasteiger partial charge >= 0.3 is 0 Å². The van der Waals surface area contributed by atoms with Crippen molar-refractivity contribution in [3.05, 3.63) is 46.6 Å². The van der Waals surface area contributed by atoms with Crippen molar-refractivity contribution in [2.75, 3.05) is 15.8 Å². The summed E-state index contributed by atoms with van der Waals surface area (Å²) in [7, 11) is 0. The van der Waals surface area contributed by atoms with Gasteiger partial charge in [0.2, 0.25) is 5.91 Å². The van der Waals surface area contributed by atoms with E-state index < -0.39 is 0 Å². The van der Waals surface area contributed by atoms with E-state index in [1.54, 1.807) is 18.0 Å². The van der Waals surface area contributed by atoms with Gasteiger partial charge in [0.15, 0.2) is 0 Å². The van der Waals surface area contributed by atoms with Crippen LogP contribution in [0.1, 0.15) is 0 Å². The molecule has 122 valence electrons. The summed E-state index contributed by atoms with van der Waals surface area (Å²) in [4.78, 5) is 16.7. The fraction of sp³-hybridized carbons (Fsp3) is 0.0625. The van der Waals surface area contributed by atoms with Gasteiger partial charge in [-0.05, 0) is 42.3 Å². The molecular formula is C16H11Cl2N3OS2. The number of hydrogen-bond donors (Lipinski definition) is 3. The van der Waals surface area contributed by atoms with Crippen molar-refractivity contribution < 1.29 is 4.79 Å². The predicted molar refractivity (Wildman–Crippen MR) is 104 cm³/mol. The third-order valence-electron chi connectivity index (χ3n) is 3.60. The highest BCUT2D eigenvalue weighted by molar-refractivity contribution is 8.01. The van der Waals surface area contributed by atoms with E-state index in [0.717, 1.165) is 32.1 Å². The van der Waals surface area contributed by atoms with E-state index in [1.165, 1.54) is 11.9 Å². The normalized spacial score (nSPS) is 13.7. The van der Waals surface area contributed by atoms with E-state index in [-0.39, 0.29) is 5.91 Å². The Balaban J connectivity index is 1.59. The quantitative estimate of drug-likeness (QED) is 0.502. The SMILES string of the molecule is O=C1CSc2ccc(SNc3ccc(Cl)c4c(Cl)c[nH]c34)cc2N1. The van der Waals surface area contributed by atoms with Gasteiger partial charge in [0, 0.05) is 21.4 Å². The molecule has 0 bridgehead atoms. The number of H-pyrrole nitrogens is 1. The second-order valence-electron chi connectivity index (χ2n) is 5.18. The topological polar surface area (TPSA) is 56.9 Å². The maximum absolute atomic E-state index is 11.5. The first-order valence-corrected chi connectivity index (χ1v) is 9.62. The van der Waals surface area contributed by atoms with Crippen molar-refractivity contribution in [3.8, 4) is 0 Å². The smallest absolute Gasteiger partial charge is 0.234 e. The van der Waals surface area contributed by atoms with Gasteiger partial charge in [0.05, 0.1) is 32.7 Å². The number of fused-ring (bicyclic) bond motifs is 2. The molecule has 24 heavy (non-hydrogen) atoms. The summed E-state index contributed by atoms with van der Waals surface area (Å²) in [6.07, 6.45) is 1.72. The average Bonchev–Trinajstić information content (AvgIpc) is 2.97. The van der Waals surface area contributed by atoms with Gasteiger partial charge in [-0.1, -0.05) is 23.2 Å². The van der Waals surface area contributed by atoms with E-state index in [0.29, 0.717) is 15.8 Å². The van der Waals surface area contributed by atoms with Crippen LogP contribution in [0.25, 0.3) is 10.9 Å². The molecule has 0 aliphatic carbocycles. The van der Waals surface area contributed by atoms with Crippen LogP contribution in [0, 0.1) is 0 Å². The third kappa shape index (κ3) is 2.95. The Bertz CT molecular complexity index is 958. The number of amides is 1. The number of aromatic nitrogens is 1. The number of benzene rings is 2. The van der Waals surface area contributed by atoms with E-state index in [1.807, 2.05) is 30.3 Å². The van der Waals surface area contributed by atoms with Gasteiger partial charge < -0.3 is 15.0 Å². The van der Waals surface area contributed by atoms with E-state index in [4.69, 9.17) is 23.2 Å². The Morgan fingerprint density at radius 3 is 2.92 bits per heavy atom. The van der Waals surface area contributed by atoms with Gasteiger partial charge in [0.25, 0.3) is 0 Å². The molecule has 1 aliphatic rings. The van der Waals surface area contributed by atoms with E-state index >= 15 is 0 Å². The summed E-state index contributed by atoms with van der Waals surface area (Å²) in [6, 6.07) is 9.73. The van der Waals surface area contributed by atoms with Crippen molar-refractivity contribution in [2.45, 2.75) is 9.79 Å². The van der Waals surface area contributed by atoms with Gasteiger partial charge in [-0.2, -0.15) is 0 Å². The van der Waals surface area contributed by atoms with Crippen LogP contribution in [-0.4, -0.2) is 16.6 Å². The monoisotopic (exact) mass is 395 g/mol. The Hall–Kier alpha value is -1.47. The molecule has 0 radical (unpaired) electrons. The standard InChI is InChI=1S/C16H11Cl2N3OS2/c17-9-2-3-11(16-15(9)10(18)6-19-16)21-24-8-1-4-13-12(5-8)20-14(22)7-23-13/h1-6,19,21H,7H2,(H,20,22). The van der Waals surface area contributed by atoms with Crippen LogP contribution < -0.4 is 10.0 Å². The van der Waals surface area contributed by atoms with Gasteiger partial charge in [0.1, 0.15) is 0 Å². The van der Waals surface area contributed by atoms with Crippen LogP contribution in [0.5, 0.6) is 0 Å². The molecule has 1 amide bonds. The number of rotatable bonds is 3. The maximum atomic E-state index is 11.5. The lowest BCUT2D eigenvalue weighted by atomic mass is 10.2. The summed E-state index contributed by atoms with van der Waals surface area (Å²) < 4.78 is 3.31. The minimum Gasteiger partial charge on any atom is -0.358 e. The fourth-order valence-corrected chi connectivity index (χ4v) is 4.55. The molecule has 4 nitrogen and oxygen atoms in total. The summed E-state index contributed by atoms with van der Waals surface area (Å²) in [5, 5.41) is 4.91. The van der Waals surface area contributed by atoms with E-state index in [2.05, 4.69) is 15.0 Å². The molecule has 3 N–H and O–H groups in total. The zero-order chi connectivity index (χ0) is 16.7. The van der Waals surface area contributed by atoms with E-state index in [9.17, 15) is 4.79 Å². The molecule has 0 unspecified atom stereocenters.